The molecule has 3 aromatic rings. The maximum atomic E-state index is 13.7. The molecule has 7 nitrogen and oxygen atoms in total. The molecule has 0 bridgehead atoms. The van der Waals surface area contributed by atoms with Gasteiger partial charge in [-0.3, -0.25) is 14.5 Å². The van der Waals surface area contributed by atoms with Gasteiger partial charge in [0.2, 0.25) is 0 Å². The summed E-state index contributed by atoms with van der Waals surface area (Å²) in [5, 5.41) is 1.20. The van der Waals surface area contributed by atoms with Crippen molar-refractivity contribution in [3.05, 3.63) is 91.5 Å². The lowest BCUT2D eigenvalue weighted by Crippen LogP contribution is -2.35. The molecule has 214 valence electrons. The summed E-state index contributed by atoms with van der Waals surface area (Å²) < 4.78 is 17.4. The van der Waals surface area contributed by atoms with Crippen LogP contribution in [0, 0.1) is 0 Å². The van der Waals surface area contributed by atoms with Gasteiger partial charge >= 0.3 is 5.97 Å². The van der Waals surface area contributed by atoms with Crippen molar-refractivity contribution in [3.63, 3.8) is 0 Å². The van der Waals surface area contributed by atoms with Crippen LogP contribution in [-0.2, 0) is 27.4 Å². The highest BCUT2D eigenvalue weighted by molar-refractivity contribution is 9.10. The van der Waals surface area contributed by atoms with Crippen molar-refractivity contribution in [1.29, 1.82) is 0 Å². The Morgan fingerprint density at radius 1 is 1.05 bits per heavy atom. The van der Waals surface area contributed by atoms with Gasteiger partial charge in [-0.05, 0) is 95.1 Å². The minimum atomic E-state index is -0.532. The quantitative estimate of drug-likeness (QED) is 0.126. The van der Waals surface area contributed by atoms with E-state index in [1.54, 1.807) is 36.4 Å². The van der Waals surface area contributed by atoms with E-state index in [2.05, 4.69) is 22.9 Å². The molecule has 0 spiro atoms. The van der Waals surface area contributed by atoms with E-state index in [0.717, 1.165) is 17.5 Å². The first-order valence-corrected chi connectivity index (χ1v) is 14.7. The first-order chi connectivity index (χ1) is 19.7. The Kier molecular flexibility index (Phi) is 10.3. The van der Waals surface area contributed by atoms with Crippen molar-refractivity contribution >= 4 is 80.1 Å². The molecule has 0 saturated carbocycles. The van der Waals surface area contributed by atoms with E-state index in [-0.39, 0.29) is 29.9 Å². The van der Waals surface area contributed by atoms with Gasteiger partial charge in [0.05, 0.1) is 23.9 Å². The van der Waals surface area contributed by atoms with Gasteiger partial charge in [0.25, 0.3) is 5.91 Å². The Morgan fingerprint density at radius 3 is 2.41 bits per heavy atom. The number of rotatable bonds is 10. The molecule has 1 saturated heterocycles. The number of carbonyl (C=O) groups is 2. The van der Waals surface area contributed by atoms with Crippen LogP contribution in [0.3, 0.4) is 0 Å². The van der Waals surface area contributed by atoms with Crippen LogP contribution >= 0.6 is 51.3 Å². The van der Waals surface area contributed by atoms with E-state index >= 15 is 0 Å². The van der Waals surface area contributed by atoms with Gasteiger partial charge in [0.15, 0.2) is 16.6 Å². The first-order valence-electron chi connectivity index (χ1n) is 12.7. The summed E-state index contributed by atoms with van der Waals surface area (Å²) in [6.07, 6.45) is 2.52. The molecule has 0 N–H and O–H groups in total. The normalized spacial score (nSPS) is 14.1. The molecule has 11 heteroatoms. The summed E-state index contributed by atoms with van der Waals surface area (Å²) in [6, 6.07) is 16.3. The summed E-state index contributed by atoms with van der Waals surface area (Å²) in [6.45, 7) is 4.25. The molecule has 0 aliphatic carbocycles. The summed E-state index contributed by atoms with van der Waals surface area (Å²) in [4.78, 5) is 28.9. The average Bonchev–Trinajstić information content (AvgIpc) is 3.17. The summed E-state index contributed by atoms with van der Waals surface area (Å²) >= 11 is 21.6. The average molecular weight is 678 g/mol. The molecule has 0 radical (unpaired) electrons. The Bertz CT molecular complexity index is 1510. The molecule has 41 heavy (non-hydrogen) atoms. The monoisotopic (exact) mass is 676 g/mol. The summed E-state index contributed by atoms with van der Waals surface area (Å²) in [5.74, 6) is 0.0284. The maximum Gasteiger partial charge on any atom is 0.325 e. The van der Waals surface area contributed by atoms with Gasteiger partial charge in [-0.25, -0.2) is 0 Å². The van der Waals surface area contributed by atoms with Crippen molar-refractivity contribution in [2.45, 2.75) is 26.9 Å². The molecule has 0 unspecified atom stereocenters. The number of benzene rings is 3. The highest BCUT2D eigenvalue weighted by atomic mass is 79.9. The van der Waals surface area contributed by atoms with Crippen LogP contribution in [0.15, 0.2) is 64.8 Å². The second-order valence-corrected chi connectivity index (χ2v) is 11.0. The zero-order valence-corrected chi connectivity index (χ0v) is 26.5. The molecule has 1 aliphatic heterocycles. The molecule has 1 heterocycles. The molecule has 1 fully saturated rings. The topological polar surface area (TPSA) is 68.3 Å². The minimum absolute atomic E-state index is 0.180. The van der Waals surface area contributed by atoms with Crippen LogP contribution < -0.4 is 14.4 Å². The third-order valence-electron chi connectivity index (χ3n) is 6.28. The van der Waals surface area contributed by atoms with Crippen LogP contribution in [-0.4, -0.2) is 42.2 Å². The zero-order chi connectivity index (χ0) is 29.7. The fraction of sp³-hybridized carbons (Fsp3) is 0.233. The number of thiocarbonyl (C=S) groups is 1. The van der Waals surface area contributed by atoms with E-state index in [1.165, 1.54) is 16.9 Å². The predicted molar refractivity (Wildman–Crippen MR) is 169 cm³/mol. The summed E-state index contributed by atoms with van der Waals surface area (Å²) in [5.41, 5.74) is 3.34. The van der Waals surface area contributed by atoms with E-state index < -0.39 is 5.97 Å². The van der Waals surface area contributed by atoms with Crippen LogP contribution in [0.1, 0.15) is 30.5 Å². The van der Waals surface area contributed by atoms with Gasteiger partial charge in [0, 0.05) is 15.6 Å². The number of hydrogen-bond donors (Lipinski definition) is 0. The van der Waals surface area contributed by atoms with Crippen molar-refractivity contribution in [3.8, 4) is 11.5 Å². The lowest BCUT2D eigenvalue weighted by molar-refractivity contribution is -0.140. The Labute approximate surface area is 262 Å². The Balaban J connectivity index is 1.70. The molecule has 0 aromatic heterocycles. The lowest BCUT2D eigenvalue weighted by Gasteiger charge is -2.19. The number of methoxy groups -OCH3 is 1. The molecule has 3 aromatic carbocycles. The second kappa shape index (κ2) is 13.7. The zero-order valence-electron chi connectivity index (χ0n) is 22.6. The number of nitrogens with zero attached hydrogens (tertiary/aromatic N) is 2. The number of ether oxygens (including phenoxy) is 3. The van der Waals surface area contributed by atoms with E-state index in [4.69, 9.17) is 49.6 Å². The van der Waals surface area contributed by atoms with Crippen LogP contribution in [0.25, 0.3) is 6.08 Å². The van der Waals surface area contributed by atoms with Gasteiger partial charge < -0.3 is 19.1 Å². The van der Waals surface area contributed by atoms with Crippen molar-refractivity contribution in [2.75, 3.05) is 25.2 Å². The van der Waals surface area contributed by atoms with Crippen molar-refractivity contribution < 1.29 is 23.8 Å². The number of hydrogen-bond acceptors (Lipinski definition) is 6. The van der Waals surface area contributed by atoms with E-state index in [0.29, 0.717) is 43.9 Å². The smallest absolute Gasteiger partial charge is 0.325 e. The van der Waals surface area contributed by atoms with Gasteiger partial charge in [-0.2, -0.15) is 0 Å². The molecule has 0 atom stereocenters. The molecular formula is C30H27BrCl2N2O5S. The van der Waals surface area contributed by atoms with E-state index in [1.807, 2.05) is 31.2 Å². The third kappa shape index (κ3) is 7.04. The Hall–Kier alpha value is -3.11. The van der Waals surface area contributed by atoms with Crippen LogP contribution in [0.2, 0.25) is 10.0 Å². The van der Waals surface area contributed by atoms with Gasteiger partial charge in [-0.1, -0.05) is 48.3 Å². The largest absolute Gasteiger partial charge is 0.490 e. The second-order valence-electron chi connectivity index (χ2n) is 8.92. The Morgan fingerprint density at radius 2 is 1.78 bits per heavy atom. The highest BCUT2D eigenvalue weighted by Crippen LogP contribution is 2.39. The number of carbonyl (C=O) groups excluding carboxylic acids is 2. The number of amides is 1. The van der Waals surface area contributed by atoms with Gasteiger partial charge in [-0.15, -0.1) is 0 Å². The fourth-order valence-corrected chi connectivity index (χ4v) is 5.54. The number of esters is 1. The molecule has 1 aliphatic rings. The molecular weight excluding hydrogens is 651 g/mol. The number of anilines is 1. The van der Waals surface area contributed by atoms with Crippen LogP contribution in [0.4, 0.5) is 5.69 Å². The van der Waals surface area contributed by atoms with E-state index in [9.17, 15) is 9.59 Å². The summed E-state index contributed by atoms with van der Waals surface area (Å²) in [7, 11) is 1.29. The molecule has 4 rings (SSSR count). The van der Waals surface area contributed by atoms with Crippen molar-refractivity contribution in [1.82, 2.24) is 4.90 Å². The number of halogens is 3. The lowest BCUT2D eigenvalue weighted by atomic mass is 10.1. The molecule has 1 amide bonds. The predicted octanol–water partition coefficient (Wildman–Crippen LogP) is 7.44. The number of aryl methyl sites for hydroxylation is 1. The maximum absolute atomic E-state index is 13.7. The SMILES string of the molecule is CCOc1cc(/C=C2/C(=O)N(c3ccc(CC)cc3)C(=S)N2CC(=O)OC)cc(Br)c1OCc1ccc(Cl)cc1Cl. The van der Waals surface area contributed by atoms with Gasteiger partial charge in [0.1, 0.15) is 18.8 Å². The highest BCUT2D eigenvalue weighted by Gasteiger charge is 2.40. The van der Waals surface area contributed by atoms with Crippen molar-refractivity contribution in [2.24, 2.45) is 0 Å². The van der Waals surface area contributed by atoms with Crippen LogP contribution in [0.5, 0.6) is 11.5 Å². The third-order valence-corrected chi connectivity index (χ3v) is 7.85. The first kappa shape index (κ1) is 30.8. The standard InChI is InChI=1S/C30H27BrCl2N2O5S/c1-4-18-6-10-22(11-7-18)35-29(37)25(34(30(35)41)16-27(36)38-3)13-19-12-23(31)28(26(14-19)39-5-2)40-17-20-8-9-21(32)15-24(20)33/h6-15H,4-5,16-17H2,1-3H3/b25-13-. The fourth-order valence-electron chi connectivity index (χ4n) is 4.16. The minimum Gasteiger partial charge on any atom is -0.490 e.